The summed E-state index contributed by atoms with van der Waals surface area (Å²) >= 11 is 0. The summed E-state index contributed by atoms with van der Waals surface area (Å²) in [5.41, 5.74) is 5.36. The molecule has 0 unspecified atom stereocenters. The Labute approximate surface area is 478 Å². The summed E-state index contributed by atoms with van der Waals surface area (Å²) < 4.78 is 100. The first-order valence-corrected chi connectivity index (χ1v) is 28.9. The molecule has 4 aromatic rings. The number of anilines is 2. The number of imide groups is 1. The number of carbonyl (C=O) groups is 9. The Hall–Kier alpha value is -8.57. The molecule has 0 spiro atoms. The zero-order valence-electron chi connectivity index (χ0n) is 47.5. The number of ether oxygens (including phenoxy) is 5. The van der Waals surface area contributed by atoms with Gasteiger partial charge in [-0.25, -0.2) is 40.0 Å². The van der Waals surface area contributed by atoms with E-state index in [1.54, 1.807) is 32.2 Å². The Bertz CT molecular complexity index is 3320. The number of aliphatic carboxylic acids is 2. The Morgan fingerprint density at radius 2 is 1.05 bits per heavy atom. The molecule has 0 bridgehead atoms. The van der Waals surface area contributed by atoms with E-state index < -0.39 is 114 Å². The molecule has 29 heteroatoms. The number of carboxylic acids is 2. The number of rotatable bonds is 19. The van der Waals surface area contributed by atoms with Crippen LogP contribution in [0.3, 0.4) is 0 Å². The minimum atomic E-state index is -3.70. The van der Waals surface area contributed by atoms with Crippen molar-refractivity contribution in [3.63, 3.8) is 0 Å². The van der Waals surface area contributed by atoms with Gasteiger partial charge in [0.25, 0.3) is 17.8 Å². The first-order valence-electron chi connectivity index (χ1n) is 24.8. The molecule has 0 radical (unpaired) electrons. The van der Waals surface area contributed by atoms with Crippen LogP contribution in [0.4, 0.5) is 20.2 Å². The molecule has 83 heavy (non-hydrogen) atoms. The highest BCUT2D eigenvalue weighted by Gasteiger charge is 2.45. The van der Waals surface area contributed by atoms with E-state index in [-0.39, 0.29) is 58.0 Å². The van der Waals surface area contributed by atoms with Gasteiger partial charge in [-0.2, -0.15) is 0 Å². The number of carbonyl (C=O) groups excluding carboxylic acids is 7. The minimum Gasteiger partial charge on any atom is -0.493 e. The number of nitrogens with one attached hydrogen (secondary N) is 3. The smallest absolute Gasteiger partial charge is 0.349 e. The lowest BCUT2D eigenvalue weighted by Gasteiger charge is -2.27. The van der Waals surface area contributed by atoms with Crippen LogP contribution in [0.25, 0.3) is 0 Å². The van der Waals surface area contributed by atoms with Crippen LogP contribution < -0.4 is 40.6 Å². The normalized spacial score (nSPS) is 13.2. The van der Waals surface area contributed by atoms with E-state index >= 15 is 0 Å². The van der Waals surface area contributed by atoms with E-state index in [0.717, 1.165) is 25.3 Å². The van der Waals surface area contributed by atoms with Crippen molar-refractivity contribution in [3.8, 4) is 23.0 Å². The molecular weight excluding hydrogens is 1140 g/mol. The van der Waals surface area contributed by atoms with Crippen molar-refractivity contribution in [1.82, 2.24) is 10.2 Å². The topological polar surface area (TPSA) is 374 Å². The maximum atomic E-state index is 14.6. The van der Waals surface area contributed by atoms with Crippen LogP contribution in [0, 0.1) is 17.6 Å². The van der Waals surface area contributed by atoms with Crippen molar-refractivity contribution in [3.05, 3.63) is 106 Å². The van der Waals surface area contributed by atoms with Crippen molar-refractivity contribution < 1.29 is 103 Å². The minimum absolute atomic E-state index is 0.0393. The van der Waals surface area contributed by atoms with E-state index in [1.807, 2.05) is 20.8 Å². The van der Waals surface area contributed by atoms with Gasteiger partial charge in [0.15, 0.2) is 23.0 Å². The molecule has 2 heterocycles. The molecule has 0 fully saturated rings. The summed E-state index contributed by atoms with van der Waals surface area (Å²) in [4.78, 5) is 102. The third kappa shape index (κ3) is 21.7. The highest BCUT2D eigenvalue weighted by molar-refractivity contribution is 7.90. The molecule has 5 amide bonds. The molecule has 7 N–H and O–H groups in total. The summed E-state index contributed by atoms with van der Waals surface area (Å²) in [7, 11) is -3.83. The van der Waals surface area contributed by atoms with E-state index in [4.69, 9.17) is 39.7 Å². The van der Waals surface area contributed by atoms with Crippen LogP contribution >= 0.6 is 0 Å². The highest BCUT2D eigenvalue weighted by atomic mass is 32.2. The number of benzene rings is 4. The number of hydrogen-bond acceptors (Lipinski definition) is 19. The Morgan fingerprint density at radius 3 is 1.46 bits per heavy atom. The molecule has 454 valence electrons. The second kappa shape index (κ2) is 31.6. The first kappa shape index (κ1) is 70.5. The molecule has 2 aliphatic heterocycles. The van der Waals surface area contributed by atoms with Gasteiger partial charge in [-0.05, 0) is 85.8 Å². The molecule has 4 aromatic carbocycles. The van der Waals surface area contributed by atoms with Crippen LogP contribution in [0.15, 0.2) is 60.7 Å². The second-order valence-electron chi connectivity index (χ2n) is 18.4. The number of hydrogen-bond donors (Lipinski definition) is 6. The van der Waals surface area contributed by atoms with E-state index in [9.17, 15) is 64.0 Å². The average Bonchev–Trinajstić information content (AvgIpc) is 2.99. The van der Waals surface area contributed by atoms with Crippen molar-refractivity contribution in [1.29, 1.82) is 0 Å². The second-order valence-corrected chi connectivity index (χ2v) is 22.8. The van der Waals surface area contributed by atoms with Crippen LogP contribution in [0.2, 0.25) is 0 Å². The third-order valence-electron chi connectivity index (χ3n) is 10.8. The van der Waals surface area contributed by atoms with Crippen molar-refractivity contribution >= 4 is 84.5 Å². The maximum Gasteiger partial charge on any atom is 0.349 e. The third-order valence-corrected chi connectivity index (χ3v) is 12.7. The van der Waals surface area contributed by atoms with Crippen LogP contribution in [-0.4, -0.2) is 143 Å². The summed E-state index contributed by atoms with van der Waals surface area (Å²) in [6, 6.07) is 11.4. The summed E-state index contributed by atoms with van der Waals surface area (Å²) in [6.45, 7) is 13.1. The first-order chi connectivity index (χ1) is 38.5. The van der Waals surface area contributed by atoms with E-state index in [1.165, 1.54) is 64.5 Å². The standard InChI is InChI=1S/C22H23FN2O7S.C12H19NO4S.C10H6FNO4.C8H15NO3.C2H4O2/c1-5-32-18-10-13(6-9-17(18)31-3)16(11-33(4,29)30)25-21(27)19-14(23)7-8-15(24-12(2)26)20(19)22(25)28;1-4-17-12-7-9(5-6-11(12)16-2)10(13)8-18(3,14)15;1-4(13)12-6-3-2-5(11)7-8(6)10(15)16-9(7)14;1-5(2)4-7(8(11)12)9-6(3)10;1-2(3)4/h6-10,16H,5,11H2,1-4H3,(H,24,26);5-7,10H,4,8,13H2,1-3H3;2-3H,1H3,(H,12,13);5,7H,4H2,1-3H3,(H,9,10)(H,11,12);1H3,(H,3,4)/t16-;10-;;7-;/m11.0./s1. The quantitative estimate of drug-likeness (QED) is 0.0382. The number of nitrogens with zero attached hydrogens (tertiary/aromatic N) is 1. The maximum absolute atomic E-state index is 14.6. The molecule has 25 nitrogen and oxygen atoms in total. The number of cyclic esters (lactones) is 2. The predicted molar refractivity (Wildman–Crippen MR) is 297 cm³/mol. The van der Waals surface area contributed by atoms with Crippen LogP contribution in [0.1, 0.15) is 126 Å². The van der Waals surface area contributed by atoms with Gasteiger partial charge in [0.1, 0.15) is 48.5 Å². The highest BCUT2D eigenvalue weighted by Crippen LogP contribution is 2.40. The van der Waals surface area contributed by atoms with E-state index in [0.29, 0.717) is 40.7 Å². The largest absolute Gasteiger partial charge is 0.493 e. The lowest BCUT2D eigenvalue weighted by atomic mass is 10.0. The lowest BCUT2D eigenvalue weighted by Crippen LogP contribution is -2.40. The molecule has 0 aliphatic carbocycles. The number of carboxylic acid groups (broad SMARTS) is 2. The van der Waals surface area contributed by atoms with Gasteiger partial charge >= 0.3 is 17.9 Å². The lowest BCUT2D eigenvalue weighted by molar-refractivity contribution is -0.142. The molecule has 0 saturated heterocycles. The molecular formula is C54H67F2N5O20S2. The Balaban J connectivity index is 0.000000399. The number of sulfone groups is 2. The predicted octanol–water partition coefficient (Wildman–Crippen LogP) is 5.52. The van der Waals surface area contributed by atoms with Gasteiger partial charge in [-0.3, -0.25) is 33.7 Å². The van der Waals surface area contributed by atoms with Gasteiger partial charge in [0.05, 0.1) is 67.5 Å². The molecule has 6 rings (SSSR count). The fraction of sp³-hybridized carbons (Fsp3) is 0.389. The number of amides is 5. The zero-order valence-corrected chi connectivity index (χ0v) is 49.1. The molecule has 2 aliphatic rings. The fourth-order valence-electron chi connectivity index (χ4n) is 7.72. The number of nitrogens with two attached hydrogens (primary N) is 1. The summed E-state index contributed by atoms with van der Waals surface area (Å²) in [5.74, 6) is -7.37. The fourth-order valence-corrected chi connectivity index (χ4v) is 9.48. The van der Waals surface area contributed by atoms with Gasteiger partial charge in [-0.15, -0.1) is 0 Å². The Morgan fingerprint density at radius 1 is 0.627 bits per heavy atom. The van der Waals surface area contributed by atoms with Gasteiger partial charge in [0, 0.05) is 46.2 Å². The molecule has 3 atom stereocenters. The SMILES string of the molecule is CC(=O)N[C@@H](CC(C)C)C(=O)O.CC(=O)Nc1ccc(F)c2c1C(=O)OC2=O.CC(=O)O.CCOc1cc([C@@H](CS(C)(=O)=O)N2C(=O)c3c(F)ccc(NC(C)=O)c3C2=O)ccc1OC.CCOc1cc([C@H](N)CS(C)(=O)=O)ccc1OC. The molecule has 0 aromatic heterocycles. The van der Waals surface area contributed by atoms with Gasteiger partial charge < -0.3 is 55.6 Å². The summed E-state index contributed by atoms with van der Waals surface area (Å²) in [5, 5.41) is 23.2. The van der Waals surface area contributed by atoms with Gasteiger partial charge in [0.2, 0.25) is 17.7 Å². The monoisotopic (exact) mass is 1210 g/mol. The zero-order chi connectivity index (χ0) is 63.4. The van der Waals surface area contributed by atoms with Crippen molar-refractivity contribution in [2.75, 3.05) is 62.1 Å². The van der Waals surface area contributed by atoms with Crippen LogP contribution in [0.5, 0.6) is 23.0 Å². The van der Waals surface area contributed by atoms with Crippen molar-refractivity contribution in [2.45, 2.75) is 79.9 Å². The molecule has 0 saturated carbocycles. The number of fused-ring (bicyclic) bond motifs is 2. The van der Waals surface area contributed by atoms with Crippen molar-refractivity contribution in [2.24, 2.45) is 11.7 Å². The van der Waals surface area contributed by atoms with Gasteiger partial charge in [-0.1, -0.05) is 26.0 Å². The number of methoxy groups -OCH3 is 2. The average molecular weight is 1210 g/mol. The number of esters is 2. The van der Waals surface area contributed by atoms with E-state index in [2.05, 4.69) is 20.7 Å². The number of halogens is 2. The summed E-state index contributed by atoms with van der Waals surface area (Å²) in [6.07, 6.45) is 2.60. The van der Waals surface area contributed by atoms with Crippen LogP contribution in [-0.2, 0) is 48.4 Å². The Kier molecular flexibility index (Phi) is 26.8.